The van der Waals surface area contributed by atoms with Gasteiger partial charge in [0.25, 0.3) is 0 Å². The van der Waals surface area contributed by atoms with Gasteiger partial charge in [-0.05, 0) is 19.1 Å². The first kappa shape index (κ1) is 20.8. The Morgan fingerprint density at radius 1 is 1.33 bits per heavy atom. The minimum Gasteiger partial charge on any atom is -0.497 e. The van der Waals surface area contributed by atoms with Gasteiger partial charge in [-0.2, -0.15) is 0 Å². The number of methoxy groups -OCH3 is 2. The van der Waals surface area contributed by atoms with Gasteiger partial charge in [0.1, 0.15) is 11.5 Å². The zero-order valence-electron chi connectivity index (χ0n) is 14.4. The predicted molar refractivity (Wildman–Crippen MR) is 107 cm³/mol. The van der Waals surface area contributed by atoms with Crippen LogP contribution in [0.4, 0.5) is 5.69 Å². The van der Waals surface area contributed by atoms with Crippen molar-refractivity contribution in [2.45, 2.75) is 13.0 Å². The van der Waals surface area contributed by atoms with E-state index in [2.05, 4.69) is 22.1 Å². The highest BCUT2D eigenvalue weighted by Crippen LogP contribution is 2.28. The average Bonchev–Trinajstić information content (AvgIpc) is 2.60. The molecule has 7 nitrogen and oxygen atoms in total. The molecule has 24 heavy (non-hydrogen) atoms. The van der Waals surface area contributed by atoms with Gasteiger partial charge >= 0.3 is 0 Å². The van der Waals surface area contributed by atoms with Gasteiger partial charge in [-0.3, -0.25) is 9.89 Å². The number of aliphatic imine (C=N–C) groups is 1. The lowest BCUT2D eigenvalue weighted by atomic mass is 10.2. The molecule has 0 amide bonds. The Balaban J connectivity index is 0.00000288. The highest BCUT2D eigenvalue weighted by molar-refractivity contribution is 14.0. The van der Waals surface area contributed by atoms with Crippen molar-refractivity contribution in [3.05, 3.63) is 18.2 Å². The summed E-state index contributed by atoms with van der Waals surface area (Å²) in [5, 5.41) is 3.07. The number of anilines is 1. The first-order valence-corrected chi connectivity index (χ1v) is 7.74. The Bertz CT molecular complexity index is 536. The largest absolute Gasteiger partial charge is 0.497 e. The summed E-state index contributed by atoms with van der Waals surface area (Å²) in [5.41, 5.74) is 6.73. The molecule has 0 aromatic heterocycles. The van der Waals surface area contributed by atoms with Crippen LogP contribution in [0.3, 0.4) is 0 Å². The summed E-state index contributed by atoms with van der Waals surface area (Å²) in [6.45, 7) is 6.21. The zero-order valence-corrected chi connectivity index (χ0v) is 16.8. The van der Waals surface area contributed by atoms with Crippen LogP contribution in [0.1, 0.15) is 6.92 Å². The molecule has 1 aromatic carbocycles. The van der Waals surface area contributed by atoms with Crippen LogP contribution in [0, 0.1) is 0 Å². The van der Waals surface area contributed by atoms with Gasteiger partial charge in [-0.25, -0.2) is 0 Å². The molecule has 1 atom stereocenters. The number of nitrogens with zero attached hydrogens (tertiary/aromatic N) is 2. The Morgan fingerprint density at radius 3 is 2.67 bits per heavy atom. The lowest BCUT2D eigenvalue weighted by molar-refractivity contribution is 0.0221. The molecule has 1 saturated heterocycles. The zero-order chi connectivity index (χ0) is 16.7. The van der Waals surface area contributed by atoms with E-state index in [9.17, 15) is 0 Å². The molecule has 1 aromatic rings. The molecule has 136 valence electrons. The quantitative estimate of drug-likeness (QED) is 0.391. The maximum absolute atomic E-state index is 6.00. The number of hydrogen-bond acceptors (Lipinski definition) is 5. The van der Waals surface area contributed by atoms with Crippen molar-refractivity contribution in [1.29, 1.82) is 0 Å². The summed E-state index contributed by atoms with van der Waals surface area (Å²) in [6, 6.07) is 5.81. The highest BCUT2D eigenvalue weighted by atomic mass is 127. The van der Waals surface area contributed by atoms with E-state index < -0.39 is 0 Å². The van der Waals surface area contributed by atoms with Gasteiger partial charge in [-0.15, -0.1) is 24.0 Å². The molecule has 2 rings (SSSR count). The third-order valence-corrected chi connectivity index (χ3v) is 3.86. The molecular formula is C16H27IN4O3. The smallest absolute Gasteiger partial charge is 0.193 e. The number of ether oxygens (including phenoxy) is 3. The maximum Gasteiger partial charge on any atom is 0.193 e. The van der Waals surface area contributed by atoms with Gasteiger partial charge in [0.2, 0.25) is 0 Å². The molecule has 0 saturated carbocycles. The van der Waals surface area contributed by atoms with Gasteiger partial charge < -0.3 is 25.3 Å². The van der Waals surface area contributed by atoms with Crippen molar-refractivity contribution in [2.24, 2.45) is 10.7 Å². The number of morpholine rings is 1. The molecule has 3 N–H and O–H groups in total. The summed E-state index contributed by atoms with van der Waals surface area (Å²) in [7, 11) is 3.23. The summed E-state index contributed by atoms with van der Waals surface area (Å²) in [4.78, 5) is 6.78. The third-order valence-electron chi connectivity index (χ3n) is 3.86. The van der Waals surface area contributed by atoms with Crippen molar-refractivity contribution in [3.8, 4) is 11.5 Å². The second-order valence-electron chi connectivity index (χ2n) is 5.41. The van der Waals surface area contributed by atoms with E-state index in [4.69, 9.17) is 19.9 Å². The van der Waals surface area contributed by atoms with E-state index >= 15 is 0 Å². The molecule has 8 heteroatoms. The summed E-state index contributed by atoms with van der Waals surface area (Å²) in [5.74, 6) is 1.77. The molecule has 1 aliphatic heterocycles. The molecule has 1 heterocycles. The number of nitrogens with two attached hydrogens (primary N) is 1. The van der Waals surface area contributed by atoms with Crippen LogP contribution in [-0.4, -0.2) is 64.0 Å². The monoisotopic (exact) mass is 450 g/mol. The lowest BCUT2D eigenvalue weighted by Crippen LogP contribution is -2.43. The maximum atomic E-state index is 6.00. The summed E-state index contributed by atoms with van der Waals surface area (Å²) >= 11 is 0. The molecule has 0 aliphatic carbocycles. The van der Waals surface area contributed by atoms with Crippen molar-refractivity contribution in [2.75, 3.05) is 52.4 Å². The number of benzene rings is 1. The Morgan fingerprint density at radius 2 is 2.04 bits per heavy atom. The van der Waals surface area contributed by atoms with E-state index in [1.165, 1.54) is 0 Å². The SMILES string of the molecule is COc1ccc(OC)c(NC(N)=NCC(C)N2CCOCC2)c1.I. The highest BCUT2D eigenvalue weighted by Gasteiger charge is 2.16. The van der Waals surface area contributed by atoms with Gasteiger partial charge in [0.15, 0.2) is 5.96 Å². The van der Waals surface area contributed by atoms with E-state index in [1.807, 2.05) is 18.2 Å². The summed E-state index contributed by atoms with van der Waals surface area (Å²) in [6.07, 6.45) is 0. The van der Waals surface area contributed by atoms with Gasteiger partial charge in [-0.1, -0.05) is 0 Å². The van der Waals surface area contributed by atoms with Crippen LogP contribution in [0.25, 0.3) is 0 Å². The molecule has 1 fully saturated rings. The fourth-order valence-corrected chi connectivity index (χ4v) is 2.45. The van der Waals surface area contributed by atoms with E-state index in [1.54, 1.807) is 14.2 Å². The van der Waals surface area contributed by atoms with Gasteiger partial charge in [0, 0.05) is 25.2 Å². The number of guanidine groups is 1. The number of nitrogens with one attached hydrogen (secondary N) is 1. The fourth-order valence-electron chi connectivity index (χ4n) is 2.45. The predicted octanol–water partition coefficient (Wildman–Crippen LogP) is 1.77. The van der Waals surface area contributed by atoms with Crippen LogP contribution in [0.15, 0.2) is 23.2 Å². The van der Waals surface area contributed by atoms with Crippen LogP contribution >= 0.6 is 24.0 Å². The number of halogens is 1. The molecule has 1 unspecified atom stereocenters. The molecule has 0 bridgehead atoms. The Kier molecular flexibility index (Phi) is 9.16. The third kappa shape index (κ3) is 5.99. The lowest BCUT2D eigenvalue weighted by Gasteiger charge is -2.31. The topological polar surface area (TPSA) is 81.3 Å². The van der Waals surface area contributed by atoms with Crippen LogP contribution < -0.4 is 20.5 Å². The minimum atomic E-state index is 0. The molecule has 1 aliphatic rings. The number of rotatable bonds is 6. The second kappa shape index (κ2) is 10.6. The van der Waals surface area contributed by atoms with Crippen LogP contribution in [-0.2, 0) is 4.74 Å². The van der Waals surface area contributed by atoms with E-state index in [0.29, 0.717) is 24.3 Å². The van der Waals surface area contributed by atoms with Crippen LogP contribution in [0.2, 0.25) is 0 Å². The summed E-state index contributed by atoms with van der Waals surface area (Å²) < 4.78 is 15.9. The standard InChI is InChI=1S/C16H26N4O3.HI/c1-12(20-6-8-23-9-7-20)11-18-16(17)19-14-10-13(21-2)4-5-15(14)22-3;/h4-5,10,12H,6-9,11H2,1-3H3,(H3,17,18,19);1H. The fraction of sp³-hybridized carbons (Fsp3) is 0.562. The molecular weight excluding hydrogens is 423 g/mol. The minimum absolute atomic E-state index is 0. The first-order chi connectivity index (χ1) is 11.1. The first-order valence-electron chi connectivity index (χ1n) is 7.74. The molecule has 0 radical (unpaired) electrons. The second-order valence-corrected chi connectivity index (χ2v) is 5.41. The van der Waals surface area contributed by atoms with Crippen molar-refractivity contribution in [3.63, 3.8) is 0 Å². The molecule has 0 spiro atoms. The Labute approximate surface area is 160 Å². The van der Waals surface area contributed by atoms with E-state index in [0.717, 1.165) is 37.7 Å². The average molecular weight is 450 g/mol. The van der Waals surface area contributed by atoms with Crippen LogP contribution in [0.5, 0.6) is 11.5 Å². The van der Waals surface area contributed by atoms with Crippen molar-refractivity contribution < 1.29 is 14.2 Å². The Hall–Kier alpha value is -1.26. The van der Waals surface area contributed by atoms with E-state index in [-0.39, 0.29) is 24.0 Å². The number of hydrogen-bond donors (Lipinski definition) is 2. The normalized spacial score (nSPS) is 16.9. The van der Waals surface area contributed by atoms with Crippen molar-refractivity contribution >= 4 is 35.6 Å². The van der Waals surface area contributed by atoms with Crippen molar-refractivity contribution in [1.82, 2.24) is 4.90 Å². The van der Waals surface area contributed by atoms with Gasteiger partial charge in [0.05, 0.1) is 39.7 Å².